The maximum absolute atomic E-state index is 12.7. The number of fused-ring (bicyclic) bond motifs is 1. The molecule has 1 N–H and O–H groups in total. The standard InChI is InChI=1S/C18H19N5O2/c1-18(2,3)15-8-12(21-22-15)10-23-6-5-14-13(17(23)24)7-11(9-19)16(20-14)25-4/h5-8H,10H2,1-4H3,(H,21,22). The quantitative estimate of drug-likeness (QED) is 0.791. The Morgan fingerprint density at radius 3 is 2.72 bits per heavy atom. The van der Waals surface area contributed by atoms with Gasteiger partial charge in [-0.15, -0.1) is 0 Å². The topological polar surface area (TPSA) is 96.6 Å². The van der Waals surface area contributed by atoms with Crippen LogP contribution in [0.1, 0.15) is 37.7 Å². The van der Waals surface area contributed by atoms with Gasteiger partial charge in [-0.3, -0.25) is 9.89 Å². The van der Waals surface area contributed by atoms with E-state index in [-0.39, 0.29) is 22.4 Å². The Morgan fingerprint density at radius 2 is 2.12 bits per heavy atom. The predicted molar refractivity (Wildman–Crippen MR) is 93.7 cm³/mol. The molecule has 7 heteroatoms. The molecule has 0 spiro atoms. The van der Waals surface area contributed by atoms with Crippen LogP contribution in [0.5, 0.6) is 5.88 Å². The maximum Gasteiger partial charge on any atom is 0.260 e. The highest BCUT2D eigenvalue weighted by molar-refractivity contribution is 5.80. The molecule has 0 radical (unpaired) electrons. The summed E-state index contributed by atoms with van der Waals surface area (Å²) in [6.45, 7) is 6.61. The smallest absolute Gasteiger partial charge is 0.260 e. The Hall–Kier alpha value is -3.14. The Bertz CT molecular complexity index is 1030. The summed E-state index contributed by atoms with van der Waals surface area (Å²) in [7, 11) is 1.45. The van der Waals surface area contributed by atoms with Crippen molar-refractivity contribution in [3.63, 3.8) is 0 Å². The number of nitriles is 1. The molecule has 0 aliphatic heterocycles. The monoisotopic (exact) mass is 337 g/mol. The average molecular weight is 337 g/mol. The van der Waals surface area contributed by atoms with Gasteiger partial charge < -0.3 is 9.30 Å². The molecule has 0 unspecified atom stereocenters. The van der Waals surface area contributed by atoms with Crippen LogP contribution < -0.4 is 10.3 Å². The molecule has 0 atom stereocenters. The van der Waals surface area contributed by atoms with Crippen LogP contribution in [-0.4, -0.2) is 26.9 Å². The number of aromatic amines is 1. The van der Waals surface area contributed by atoms with Gasteiger partial charge in [-0.05, 0) is 18.2 Å². The Balaban J connectivity index is 2.03. The molecule has 3 rings (SSSR count). The molecule has 0 bridgehead atoms. The molecule has 0 aliphatic rings. The summed E-state index contributed by atoms with van der Waals surface area (Å²) < 4.78 is 6.66. The van der Waals surface area contributed by atoms with Gasteiger partial charge in [0.25, 0.3) is 5.56 Å². The lowest BCUT2D eigenvalue weighted by Crippen LogP contribution is -2.20. The number of H-pyrrole nitrogens is 1. The fourth-order valence-electron chi connectivity index (χ4n) is 2.56. The van der Waals surface area contributed by atoms with Gasteiger partial charge in [0.15, 0.2) is 0 Å². The van der Waals surface area contributed by atoms with Crippen molar-refractivity contribution in [1.29, 1.82) is 5.26 Å². The summed E-state index contributed by atoms with van der Waals surface area (Å²) in [6, 6.07) is 7.22. The first-order valence-electron chi connectivity index (χ1n) is 7.86. The number of hydrogen-bond acceptors (Lipinski definition) is 5. The fourth-order valence-corrected chi connectivity index (χ4v) is 2.56. The van der Waals surface area contributed by atoms with E-state index in [0.29, 0.717) is 17.4 Å². The van der Waals surface area contributed by atoms with Crippen LogP contribution in [0, 0.1) is 11.3 Å². The van der Waals surface area contributed by atoms with Crippen molar-refractivity contribution < 1.29 is 4.74 Å². The largest absolute Gasteiger partial charge is 0.480 e. The van der Waals surface area contributed by atoms with Gasteiger partial charge in [0.2, 0.25) is 5.88 Å². The van der Waals surface area contributed by atoms with Gasteiger partial charge in [0.05, 0.1) is 35.9 Å². The van der Waals surface area contributed by atoms with Crippen molar-refractivity contribution in [2.75, 3.05) is 7.11 Å². The van der Waals surface area contributed by atoms with Crippen molar-refractivity contribution >= 4 is 10.9 Å². The van der Waals surface area contributed by atoms with Crippen LogP contribution in [0.25, 0.3) is 10.9 Å². The van der Waals surface area contributed by atoms with E-state index in [0.717, 1.165) is 11.4 Å². The van der Waals surface area contributed by atoms with E-state index >= 15 is 0 Å². The van der Waals surface area contributed by atoms with Crippen LogP contribution >= 0.6 is 0 Å². The molecule has 25 heavy (non-hydrogen) atoms. The molecule has 0 amide bonds. The van der Waals surface area contributed by atoms with Gasteiger partial charge in [-0.25, -0.2) is 4.98 Å². The van der Waals surface area contributed by atoms with Crippen molar-refractivity contribution in [1.82, 2.24) is 19.7 Å². The number of pyridine rings is 2. The van der Waals surface area contributed by atoms with E-state index in [4.69, 9.17) is 4.74 Å². The van der Waals surface area contributed by atoms with E-state index in [2.05, 4.69) is 36.0 Å². The van der Waals surface area contributed by atoms with Gasteiger partial charge in [-0.1, -0.05) is 20.8 Å². The molecule has 0 fully saturated rings. The second-order valence-electron chi connectivity index (χ2n) is 6.87. The molecule has 128 valence electrons. The van der Waals surface area contributed by atoms with Crippen molar-refractivity contribution in [2.24, 2.45) is 0 Å². The number of ether oxygens (including phenoxy) is 1. The highest BCUT2D eigenvalue weighted by atomic mass is 16.5. The summed E-state index contributed by atoms with van der Waals surface area (Å²) >= 11 is 0. The van der Waals surface area contributed by atoms with Crippen LogP contribution in [-0.2, 0) is 12.0 Å². The van der Waals surface area contributed by atoms with Gasteiger partial charge in [-0.2, -0.15) is 10.4 Å². The molecule has 0 saturated heterocycles. The molecule has 0 saturated carbocycles. The fraction of sp³-hybridized carbons (Fsp3) is 0.333. The zero-order chi connectivity index (χ0) is 18.2. The summed E-state index contributed by atoms with van der Waals surface area (Å²) in [5, 5.41) is 16.9. The lowest BCUT2D eigenvalue weighted by atomic mass is 9.92. The second-order valence-corrected chi connectivity index (χ2v) is 6.87. The minimum absolute atomic E-state index is 0.0642. The number of methoxy groups -OCH3 is 1. The zero-order valence-electron chi connectivity index (χ0n) is 14.6. The van der Waals surface area contributed by atoms with E-state index in [1.54, 1.807) is 16.8 Å². The van der Waals surface area contributed by atoms with Crippen LogP contribution in [0.3, 0.4) is 0 Å². The molecular weight excluding hydrogens is 318 g/mol. The number of rotatable bonds is 3. The second kappa shape index (κ2) is 6.06. The highest BCUT2D eigenvalue weighted by Crippen LogP contribution is 2.21. The number of nitrogens with one attached hydrogen (secondary N) is 1. The molecule has 0 aliphatic carbocycles. The number of aromatic nitrogens is 4. The van der Waals surface area contributed by atoms with Gasteiger partial charge in [0, 0.05) is 11.6 Å². The molecular formula is C18H19N5O2. The SMILES string of the molecule is COc1nc2ccn(Cc3cc(C(C)(C)C)n[nH]3)c(=O)c2cc1C#N. The molecule has 3 aromatic heterocycles. The highest BCUT2D eigenvalue weighted by Gasteiger charge is 2.18. The maximum atomic E-state index is 12.7. The third-order valence-corrected chi connectivity index (χ3v) is 3.97. The Labute approximate surface area is 144 Å². The predicted octanol–water partition coefficient (Wildman–Crippen LogP) is 2.35. The number of nitrogens with zero attached hydrogens (tertiary/aromatic N) is 4. The molecule has 3 heterocycles. The van der Waals surface area contributed by atoms with E-state index in [1.165, 1.54) is 13.2 Å². The number of hydrogen-bond donors (Lipinski definition) is 1. The molecule has 7 nitrogen and oxygen atoms in total. The Kier molecular flexibility index (Phi) is 4.05. The third kappa shape index (κ3) is 3.11. The van der Waals surface area contributed by atoms with E-state index < -0.39 is 0 Å². The van der Waals surface area contributed by atoms with E-state index in [9.17, 15) is 10.1 Å². The van der Waals surface area contributed by atoms with Crippen molar-refractivity contribution in [3.8, 4) is 11.9 Å². The minimum Gasteiger partial charge on any atom is -0.480 e. The summed E-state index contributed by atoms with van der Waals surface area (Å²) in [5.74, 6) is 0.218. The molecule has 3 aromatic rings. The van der Waals surface area contributed by atoms with Crippen LogP contribution in [0.15, 0.2) is 29.2 Å². The summed E-state index contributed by atoms with van der Waals surface area (Å²) in [4.78, 5) is 17.0. The zero-order valence-corrected chi connectivity index (χ0v) is 14.6. The normalized spacial score (nSPS) is 11.5. The third-order valence-electron chi connectivity index (χ3n) is 3.97. The van der Waals surface area contributed by atoms with Gasteiger partial charge >= 0.3 is 0 Å². The van der Waals surface area contributed by atoms with Crippen molar-refractivity contribution in [2.45, 2.75) is 32.7 Å². The summed E-state index contributed by atoms with van der Waals surface area (Å²) in [6.07, 6.45) is 1.68. The first kappa shape index (κ1) is 16.7. The molecule has 0 aromatic carbocycles. The first-order valence-corrected chi connectivity index (χ1v) is 7.86. The summed E-state index contributed by atoms with van der Waals surface area (Å²) in [5.41, 5.74) is 2.24. The lowest BCUT2D eigenvalue weighted by Gasteiger charge is -2.13. The first-order chi connectivity index (χ1) is 11.8. The van der Waals surface area contributed by atoms with Crippen molar-refractivity contribution in [3.05, 3.63) is 51.7 Å². The van der Waals surface area contributed by atoms with Crippen LogP contribution in [0.2, 0.25) is 0 Å². The minimum atomic E-state index is -0.212. The van der Waals surface area contributed by atoms with E-state index in [1.807, 2.05) is 12.1 Å². The Morgan fingerprint density at radius 1 is 1.36 bits per heavy atom. The lowest BCUT2D eigenvalue weighted by molar-refractivity contribution is 0.398. The van der Waals surface area contributed by atoms with Gasteiger partial charge in [0.1, 0.15) is 11.6 Å². The van der Waals surface area contributed by atoms with Crippen LogP contribution in [0.4, 0.5) is 0 Å². The average Bonchev–Trinajstić information content (AvgIpc) is 3.05.